The molecule has 0 fully saturated rings. The third-order valence-corrected chi connectivity index (χ3v) is 3.83. The zero-order valence-corrected chi connectivity index (χ0v) is 9.24. The summed E-state index contributed by atoms with van der Waals surface area (Å²) < 4.78 is 1.14. The lowest BCUT2D eigenvalue weighted by molar-refractivity contribution is 0.112. The van der Waals surface area contributed by atoms with Crippen molar-refractivity contribution >= 4 is 44.5 Å². The van der Waals surface area contributed by atoms with Crippen molar-refractivity contribution in [1.82, 2.24) is 0 Å². The third kappa shape index (κ3) is 1.40. The van der Waals surface area contributed by atoms with E-state index in [9.17, 15) is 4.79 Å². The van der Waals surface area contributed by atoms with E-state index in [1.54, 1.807) is 23.1 Å². The van der Waals surface area contributed by atoms with Gasteiger partial charge >= 0.3 is 0 Å². The minimum Gasteiger partial charge on any atom is -0.391 e. The molecule has 0 unspecified atom stereocenters. The van der Waals surface area contributed by atoms with Crippen molar-refractivity contribution in [2.24, 2.45) is 0 Å². The van der Waals surface area contributed by atoms with E-state index in [2.05, 4.69) is 0 Å². The first kappa shape index (κ1) is 9.55. The summed E-state index contributed by atoms with van der Waals surface area (Å²) in [5.41, 5.74) is 6.47. The van der Waals surface area contributed by atoms with Gasteiger partial charge in [-0.05, 0) is 24.5 Å². The maximum Gasteiger partial charge on any atom is 0.151 e. The summed E-state index contributed by atoms with van der Waals surface area (Å²) in [5, 5.41) is 1.88. The number of aldehydes is 1. The number of thiophene rings is 1. The van der Waals surface area contributed by atoms with Crippen molar-refractivity contribution in [3.8, 4) is 0 Å². The van der Waals surface area contributed by atoms with Gasteiger partial charge in [-0.2, -0.15) is 0 Å². The molecule has 0 radical (unpaired) electrons. The summed E-state index contributed by atoms with van der Waals surface area (Å²) in [5.74, 6) is 0. The molecule has 2 nitrogen and oxygen atoms in total. The number of thioether (sulfide) groups is 1. The highest BCUT2D eigenvalue weighted by molar-refractivity contribution is 7.99. The average Bonchev–Trinajstić information content (AvgIpc) is 2.56. The highest BCUT2D eigenvalue weighted by atomic mass is 32.2. The fourth-order valence-corrected chi connectivity index (χ4v) is 3.09. The molecule has 0 bridgehead atoms. The monoisotopic (exact) mass is 223 g/mol. The van der Waals surface area contributed by atoms with E-state index in [4.69, 9.17) is 5.73 Å². The van der Waals surface area contributed by atoms with E-state index in [1.165, 1.54) is 0 Å². The van der Waals surface area contributed by atoms with Crippen LogP contribution in [-0.2, 0) is 0 Å². The molecule has 0 saturated carbocycles. The zero-order valence-electron chi connectivity index (χ0n) is 7.61. The van der Waals surface area contributed by atoms with Crippen molar-refractivity contribution in [3.05, 3.63) is 23.8 Å². The molecule has 4 heteroatoms. The van der Waals surface area contributed by atoms with Crippen molar-refractivity contribution in [1.29, 1.82) is 0 Å². The Balaban J connectivity index is 2.82. The van der Waals surface area contributed by atoms with Crippen molar-refractivity contribution < 1.29 is 4.79 Å². The first-order valence-corrected chi connectivity index (χ1v) is 6.11. The number of nitrogens with two attached hydrogens (primary N) is 1. The Bertz CT molecular complexity index is 490. The smallest absolute Gasteiger partial charge is 0.151 e. The van der Waals surface area contributed by atoms with Gasteiger partial charge < -0.3 is 5.73 Å². The molecule has 0 spiro atoms. The van der Waals surface area contributed by atoms with Crippen LogP contribution in [0.5, 0.6) is 0 Å². The lowest BCUT2D eigenvalue weighted by atomic mass is 10.2. The molecule has 0 atom stereocenters. The summed E-state index contributed by atoms with van der Waals surface area (Å²) in [6.07, 6.45) is 2.86. The molecule has 2 aromatic rings. The highest BCUT2D eigenvalue weighted by Crippen LogP contribution is 2.35. The fraction of sp³-hybridized carbons (Fsp3) is 0.100. The van der Waals surface area contributed by atoms with Gasteiger partial charge in [0.15, 0.2) is 6.29 Å². The van der Waals surface area contributed by atoms with Crippen LogP contribution in [0.15, 0.2) is 23.1 Å². The SMILES string of the molecule is CSc1c(C=O)ccc2sc(N)cc12. The number of carbonyl (C=O) groups is 1. The van der Waals surface area contributed by atoms with E-state index >= 15 is 0 Å². The van der Waals surface area contributed by atoms with E-state index in [0.717, 1.165) is 31.8 Å². The van der Waals surface area contributed by atoms with Crippen LogP contribution in [0, 0.1) is 0 Å². The second-order valence-electron chi connectivity index (χ2n) is 2.87. The molecule has 1 aromatic carbocycles. The highest BCUT2D eigenvalue weighted by Gasteiger charge is 2.08. The maximum absolute atomic E-state index is 10.8. The van der Waals surface area contributed by atoms with Crippen molar-refractivity contribution in [3.63, 3.8) is 0 Å². The quantitative estimate of drug-likeness (QED) is 0.628. The van der Waals surface area contributed by atoms with E-state index in [1.807, 2.05) is 24.5 Å². The van der Waals surface area contributed by atoms with Crippen LogP contribution in [-0.4, -0.2) is 12.5 Å². The predicted molar refractivity (Wildman–Crippen MR) is 63.4 cm³/mol. The summed E-state index contributed by atoms with van der Waals surface area (Å²) in [7, 11) is 0. The molecule has 0 saturated heterocycles. The number of rotatable bonds is 2. The van der Waals surface area contributed by atoms with Gasteiger partial charge in [0.2, 0.25) is 0 Å². The van der Waals surface area contributed by atoms with Crippen LogP contribution in [0.2, 0.25) is 0 Å². The van der Waals surface area contributed by atoms with Gasteiger partial charge in [-0.1, -0.05) is 0 Å². The maximum atomic E-state index is 10.8. The Labute approximate surface area is 90.1 Å². The van der Waals surface area contributed by atoms with Gasteiger partial charge in [0, 0.05) is 20.5 Å². The normalized spacial score (nSPS) is 10.6. The first-order chi connectivity index (χ1) is 6.76. The number of hydrogen-bond acceptors (Lipinski definition) is 4. The molecule has 14 heavy (non-hydrogen) atoms. The average molecular weight is 223 g/mol. The minimum atomic E-state index is 0.739. The van der Waals surface area contributed by atoms with E-state index in [0.29, 0.717) is 0 Å². The Morgan fingerprint density at radius 1 is 1.50 bits per heavy atom. The number of anilines is 1. The van der Waals surface area contributed by atoms with Gasteiger partial charge in [0.05, 0.1) is 5.00 Å². The molecule has 0 amide bonds. The van der Waals surface area contributed by atoms with Crippen LogP contribution in [0.25, 0.3) is 10.1 Å². The minimum absolute atomic E-state index is 0.739. The summed E-state index contributed by atoms with van der Waals surface area (Å²) in [6, 6.07) is 5.72. The molecular formula is C10H9NOS2. The summed E-state index contributed by atoms with van der Waals surface area (Å²) in [6.45, 7) is 0. The van der Waals surface area contributed by atoms with Gasteiger partial charge in [-0.3, -0.25) is 4.79 Å². The number of nitrogen functional groups attached to an aromatic ring is 1. The van der Waals surface area contributed by atoms with Gasteiger partial charge in [-0.15, -0.1) is 23.1 Å². The van der Waals surface area contributed by atoms with Crippen molar-refractivity contribution in [2.75, 3.05) is 12.0 Å². The van der Waals surface area contributed by atoms with E-state index in [-0.39, 0.29) is 0 Å². The number of benzene rings is 1. The Morgan fingerprint density at radius 2 is 2.29 bits per heavy atom. The molecule has 0 aliphatic rings. The standard InChI is InChI=1S/C10H9NOS2/c1-13-10-6(5-12)2-3-8-7(10)4-9(11)14-8/h2-5H,11H2,1H3. The van der Waals surface area contributed by atoms with Crippen LogP contribution in [0.3, 0.4) is 0 Å². The molecular weight excluding hydrogens is 214 g/mol. The Kier molecular flexibility index (Phi) is 2.48. The van der Waals surface area contributed by atoms with Gasteiger partial charge in [0.25, 0.3) is 0 Å². The number of fused-ring (bicyclic) bond motifs is 1. The molecule has 0 aliphatic heterocycles. The molecule has 2 rings (SSSR count). The Hall–Kier alpha value is -1.00. The van der Waals surface area contributed by atoms with Crippen LogP contribution in [0.4, 0.5) is 5.00 Å². The van der Waals surface area contributed by atoms with Crippen LogP contribution >= 0.6 is 23.1 Å². The summed E-state index contributed by atoms with van der Waals surface area (Å²) >= 11 is 3.13. The predicted octanol–water partition coefficient (Wildman–Crippen LogP) is 3.02. The molecule has 72 valence electrons. The van der Waals surface area contributed by atoms with Gasteiger partial charge in [-0.25, -0.2) is 0 Å². The van der Waals surface area contributed by atoms with Gasteiger partial charge in [0.1, 0.15) is 0 Å². The number of carbonyl (C=O) groups excluding carboxylic acids is 1. The largest absolute Gasteiger partial charge is 0.391 e. The molecule has 0 aliphatic carbocycles. The molecule has 1 heterocycles. The third-order valence-electron chi connectivity index (χ3n) is 2.03. The second kappa shape index (κ2) is 3.63. The van der Waals surface area contributed by atoms with E-state index < -0.39 is 0 Å². The fourth-order valence-electron chi connectivity index (χ4n) is 1.44. The van der Waals surface area contributed by atoms with Crippen molar-refractivity contribution in [2.45, 2.75) is 4.90 Å². The number of hydrogen-bond donors (Lipinski definition) is 1. The summed E-state index contributed by atoms with van der Waals surface area (Å²) in [4.78, 5) is 11.8. The second-order valence-corrected chi connectivity index (χ2v) is 4.80. The Morgan fingerprint density at radius 3 is 2.93 bits per heavy atom. The first-order valence-electron chi connectivity index (χ1n) is 4.07. The van der Waals surface area contributed by atoms with Crippen LogP contribution in [0.1, 0.15) is 10.4 Å². The lowest BCUT2D eigenvalue weighted by Crippen LogP contribution is -1.84. The lowest BCUT2D eigenvalue weighted by Gasteiger charge is -2.01. The molecule has 2 N–H and O–H groups in total. The topological polar surface area (TPSA) is 43.1 Å². The zero-order chi connectivity index (χ0) is 10.1. The molecule has 1 aromatic heterocycles. The van der Waals surface area contributed by atoms with Crippen LogP contribution < -0.4 is 5.73 Å².